The summed E-state index contributed by atoms with van der Waals surface area (Å²) in [6.07, 6.45) is 2.93. The predicted molar refractivity (Wildman–Crippen MR) is 72.8 cm³/mol. The van der Waals surface area contributed by atoms with Gasteiger partial charge in [0.2, 0.25) is 0 Å². The van der Waals surface area contributed by atoms with Gasteiger partial charge < -0.3 is 5.32 Å². The topological polar surface area (TPSA) is 59.8 Å². The average Bonchev–Trinajstić information content (AvgIpc) is 2.95. The molecule has 7 heteroatoms. The van der Waals surface area contributed by atoms with E-state index in [1.165, 1.54) is 25.6 Å². The molecule has 0 radical (unpaired) electrons. The van der Waals surface area contributed by atoms with Crippen molar-refractivity contribution in [1.82, 2.24) is 20.1 Å². The first-order chi connectivity index (χ1) is 9.90. The molecule has 1 heterocycles. The van der Waals surface area contributed by atoms with Crippen LogP contribution in [0.25, 0.3) is 0 Å². The molecular formula is C14H16F2N4O. The average molecular weight is 294 g/mol. The number of benzene rings is 1. The fourth-order valence-electron chi connectivity index (χ4n) is 1.89. The number of aromatic nitrogens is 3. The molecule has 2 rings (SSSR count). The lowest BCUT2D eigenvalue weighted by Gasteiger charge is -2.21. The molecule has 1 aromatic carbocycles. The van der Waals surface area contributed by atoms with E-state index in [0.717, 1.165) is 6.07 Å². The number of aryl methyl sites for hydroxylation is 1. The summed E-state index contributed by atoms with van der Waals surface area (Å²) in [5.74, 6) is -2.14. The molecule has 21 heavy (non-hydrogen) atoms. The number of nitrogens with zero attached hydrogens (tertiary/aromatic N) is 3. The van der Waals surface area contributed by atoms with Gasteiger partial charge in [-0.05, 0) is 32.4 Å². The van der Waals surface area contributed by atoms with E-state index in [1.807, 2.05) is 6.92 Å². The van der Waals surface area contributed by atoms with Gasteiger partial charge >= 0.3 is 0 Å². The van der Waals surface area contributed by atoms with Gasteiger partial charge in [-0.15, -0.1) is 0 Å². The van der Waals surface area contributed by atoms with Crippen molar-refractivity contribution in [2.75, 3.05) is 0 Å². The molecular weight excluding hydrogens is 278 g/mol. The molecule has 0 saturated carbocycles. The largest absolute Gasteiger partial charge is 0.347 e. The van der Waals surface area contributed by atoms with E-state index in [2.05, 4.69) is 15.4 Å². The summed E-state index contributed by atoms with van der Waals surface area (Å²) < 4.78 is 28.5. The van der Waals surface area contributed by atoms with Gasteiger partial charge in [0.15, 0.2) is 0 Å². The standard InChI is InChI=1S/C14H16F2N4O/c1-8-4-11(13(16)5-12(8)15)14(21)19-9(2)10(3)20-7-17-6-18-20/h4-7,9-10H,1-3H3,(H,19,21)/t9-,10-/m1/s1. The van der Waals surface area contributed by atoms with Crippen LogP contribution in [0.3, 0.4) is 0 Å². The van der Waals surface area contributed by atoms with E-state index in [4.69, 9.17) is 0 Å². The van der Waals surface area contributed by atoms with Crippen LogP contribution in [0.15, 0.2) is 24.8 Å². The van der Waals surface area contributed by atoms with Crippen LogP contribution in [0.2, 0.25) is 0 Å². The zero-order chi connectivity index (χ0) is 15.6. The zero-order valence-electron chi connectivity index (χ0n) is 12.0. The number of carbonyl (C=O) groups excluding carboxylic acids is 1. The van der Waals surface area contributed by atoms with Crippen molar-refractivity contribution >= 4 is 5.91 Å². The van der Waals surface area contributed by atoms with Crippen LogP contribution >= 0.6 is 0 Å². The normalized spacial score (nSPS) is 13.8. The Labute approximate surface area is 121 Å². The Balaban J connectivity index is 2.13. The number of hydrogen-bond acceptors (Lipinski definition) is 3. The minimum atomic E-state index is -0.879. The molecule has 0 aliphatic rings. The third-order valence-corrected chi connectivity index (χ3v) is 3.43. The monoisotopic (exact) mass is 294 g/mol. The van der Waals surface area contributed by atoms with Crippen molar-refractivity contribution in [2.45, 2.75) is 32.9 Å². The van der Waals surface area contributed by atoms with Gasteiger partial charge in [0.1, 0.15) is 24.3 Å². The summed E-state index contributed by atoms with van der Waals surface area (Å²) in [7, 11) is 0. The van der Waals surface area contributed by atoms with Crippen molar-refractivity contribution in [2.24, 2.45) is 0 Å². The van der Waals surface area contributed by atoms with E-state index in [9.17, 15) is 13.6 Å². The fourth-order valence-corrected chi connectivity index (χ4v) is 1.89. The Kier molecular flexibility index (Phi) is 4.30. The molecule has 1 aromatic heterocycles. The first kappa shape index (κ1) is 15.1. The van der Waals surface area contributed by atoms with Gasteiger partial charge in [-0.3, -0.25) is 4.79 Å². The lowest BCUT2D eigenvalue weighted by molar-refractivity contribution is 0.0924. The van der Waals surface area contributed by atoms with E-state index in [1.54, 1.807) is 11.6 Å². The van der Waals surface area contributed by atoms with Crippen LogP contribution in [-0.2, 0) is 0 Å². The second-order valence-corrected chi connectivity index (χ2v) is 4.96. The van der Waals surface area contributed by atoms with Crippen molar-refractivity contribution in [3.63, 3.8) is 0 Å². The minimum absolute atomic E-state index is 0.152. The molecule has 0 aliphatic carbocycles. The Morgan fingerprint density at radius 1 is 1.29 bits per heavy atom. The molecule has 0 bridgehead atoms. The SMILES string of the molecule is Cc1cc(C(=O)N[C@H](C)[C@@H](C)n2cncn2)c(F)cc1F. The quantitative estimate of drug-likeness (QED) is 0.940. The van der Waals surface area contributed by atoms with Gasteiger partial charge in [-0.1, -0.05) is 0 Å². The number of amides is 1. The van der Waals surface area contributed by atoms with Gasteiger partial charge in [0.25, 0.3) is 5.91 Å². The number of halogens is 2. The number of nitrogens with one attached hydrogen (secondary N) is 1. The predicted octanol–water partition coefficient (Wildman–Crippen LogP) is 2.24. The van der Waals surface area contributed by atoms with E-state index in [-0.39, 0.29) is 23.2 Å². The lowest BCUT2D eigenvalue weighted by Crippen LogP contribution is -2.38. The molecule has 0 unspecified atom stereocenters. The summed E-state index contributed by atoms with van der Waals surface area (Å²) in [4.78, 5) is 15.9. The summed E-state index contributed by atoms with van der Waals surface area (Å²) in [5.41, 5.74) is 0.0464. The van der Waals surface area contributed by atoms with Crippen molar-refractivity contribution in [1.29, 1.82) is 0 Å². The van der Waals surface area contributed by atoms with Crippen LogP contribution in [0.4, 0.5) is 8.78 Å². The maximum absolute atomic E-state index is 13.7. The maximum Gasteiger partial charge on any atom is 0.254 e. The smallest absolute Gasteiger partial charge is 0.254 e. The van der Waals surface area contributed by atoms with Crippen LogP contribution in [0.5, 0.6) is 0 Å². The second-order valence-electron chi connectivity index (χ2n) is 4.96. The molecule has 2 aromatic rings. The molecule has 0 fully saturated rings. The lowest BCUT2D eigenvalue weighted by atomic mass is 10.1. The van der Waals surface area contributed by atoms with Crippen molar-refractivity contribution < 1.29 is 13.6 Å². The van der Waals surface area contributed by atoms with Crippen LogP contribution < -0.4 is 5.32 Å². The molecule has 112 valence electrons. The Morgan fingerprint density at radius 2 is 2.00 bits per heavy atom. The third-order valence-electron chi connectivity index (χ3n) is 3.43. The first-order valence-corrected chi connectivity index (χ1v) is 6.50. The molecule has 2 atom stereocenters. The van der Waals surface area contributed by atoms with E-state index in [0.29, 0.717) is 0 Å². The van der Waals surface area contributed by atoms with Crippen LogP contribution in [-0.4, -0.2) is 26.7 Å². The van der Waals surface area contributed by atoms with Gasteiger partial charge in [0, 0.05) is 12.1 Å². The van der Waals surface area contributed by atoms with Crippen molar-refractivity contribution in [3.05, 3.63) is 47.5 Å². The summed E-state index contributed by atoms with van der Waals surface area (Å²) >= 11 is 0. The van der Waals surface area contributed by atoms with Crippen LogP contribution in [0.1, 0.15) is 35.8 Å². The molecule has 0 saturated heterocycles. The number of rotatable bonds is 4. The fraction of sp³-hybridized carbons (Fsp3) is 0.357. The molecule has 0 spiro atoms. The molecule has 0 aliphatic heterocycles. The Bertz CT molecular complexity index is 643. The second kappa shape index (κ2) is 5.99. The Morgan fingerprint density at radius 3 is 2.62 bits per heavy atom. The first-order valence-electron chi connectivity index (χ1n) is 6.50. The van der Waals surface area contributed by atoms with Gasteiger partial charge in [-0.25, -0.2) is 18.4 Å². The third kappa shape index (κ3) is 3.24. The van der Waals surface area contributed by atoms with Gasteiger partial charge in [-0.2, -0.15) is 5.10 Å². The summed E-state index contributed by atoms with van der Waals surface area (Å²) in [6.45, 7) is 5.11. The highest BCUT2D eigenvalue weighted by atomic mass is 19.1. The van der Waals surface area contributed by atoms with Gasteiger partial charge in [0.05, 0.1) is 11.6 Å². The van der Waals surface area contributed by atoms with Crippen LogP contribution in [0, 0.1) is 18.6 Å². The molecule has 1 N–H and O–H groups in total. The Hall–Kier alpha value is -2.31. The summed E-state index contributed by atoms with van der Waals surface area (Å²) in [6, 6.07) is 1.47. The zero-order valence-corrected chi connectivity index (χ0v) is 12.0. The number of hydrogen-bond donors (Lipinski definition) is 1. The highest BCUT2D eigenvalue weighted by Crippen LogP contribution is 2.15. The van der Waals surface area contributed by atoms with E-state index < -0.39 is 17.5 Å². The molecule has 5 nitrogen and oxygen atoms in total. The number of carbonyl (C=O) groups is 1. The maximum atomic E-state index is 13.7. The summed E-state index contributed by atoms with van der Waals surface area (Å²) in [5, 5.41) is 6.67. The molecule has 1 amide bonds. The van der Waals surface area contributed by atoms with E-state index >= 15 is 0 Å². The highest BCUT2D eigenvalue weighted by molar-refractivity contribution is 5.94. The van der Waals surface area contributed by atoms with Crippen molar-refractivity contribution in [3.8, 4) is 0 Å². The minimum Gasteiger partial charge on any atom is -0.347 e. The highest BCUT2D eigenvalue weighted by Gasteiger charge is 2.20.